The minimum Gasteiger partial charge on any atom is -0.353 e. The summed E-state index contributed by atoms with van der Waals surface area (Å²) in [5, 5.41) is 3.56. The molecule has 0 spiro atoms. The number of aromatic nitrogens is 3. The maximum atomic E-state index is 12.9. The number of H-pyrrole nitrogens is 1. The first kappa shape index (κ1) is 19.8. The zero-order valence-electron chi connectivity index (χ0n) is 17.0. The van der Waals surface area contributed by atoms with Gasteiger partial charge < -0.3 is 10.3 Å². The molecule has 0 saturated carbocycles. The number of benzene rings is 1. The first-order valence-corrected chi connectivity index (χ1v) is 11.0. The van der Waals surface area contributed by atoms with Crippen molar-refractivity contribution >= 4 is 34.4 Å². The Bertz CT molecular complexity index is 1130. The average molecular weight is 411 g/mol. The number of aromatic amines is 1. The number of amides is 1. The Morgan fingerprint density at radius 3 is 2.86 bits per heavy atom. The van der Waals surface area contributed by atoms with Crippen LogP contribution >= 0.6 is 11.8 Å². The zero-order chi connectivity index (χ0) is 20.5. The molecule has 2 aromatic heterocycles. The average Bonchev–Trinajstić information content (AvgIpc) is 3.28. The standard InChI is InChI=1S/C22H26N4O2S/c1-13(2)11-26-21(28)20-18(9-14(3)23-20)25-22(26)29-12-19(27)24-17-8-7-15-5-4-6-16(15)10-17/h7-10,13,23H,4-6,11-12H2,1-3H3,(H,24,27). The van der Waals surface area contributed by atoms with Gasteiger partial charge in [0.1, 0.15) is 5.52 Å². The summed E-state index contributed by atoms with van der Waals surface area (Å²) >= 11 is 1.31. The first-order valence-electron chi connectivity index (χ1n) is 10.1. The van der Waals surface area contributed by atoms with Gasteiger partial charge in [-0.3, -0.25) is 14.2 Å². The highest BCUT2D eigenvalue weighted by molar-refractivity contribution is 7.99. The Kier molecular flexibility index (Phi) is 5.50. The molecule has 2 heterocycles. The van der Waals surface area contributed by atoms with E-state index >= 15 is 0 Å². The molecule has 3 aromatic rings. The Hall–Kier alpha value is -2.54. The number of hydrogen-bond donors (Lipinski definition) is 2. The summed E-state index contributed by atoms with van der Waals surface area (Å²) in [6.45, 7) is 6.59. The van der Waals surface area contributed by atoms with Gasteiger partial charge in [0.2, 0.25) is 5.91 Å². The van der Waals surface area contributed by atoms with Crippen LogP contribution in [0.1, 0.15) is 37.1 Å². The van der Waals surface area contributed by atoms with Gasteiger partial charge in [-0.15, -0.1) is 0 Å². The lowest BCUT2D eigenvalue weighted by atomic mass is 10.1. The molecule has 1 aliphatic rings. The third-order valence-electron chi connectivity index (χ3n) is 5.10. The molecule has 4 rings (SSSR count). The second-order valence-electron chi connectivity index (χ2n) is 8.09. The van der Waals surface area contributed by atoms with E-state index in [0.717, 1.165) is 24.2 Å². The largest absolute Gasteiger partial charge is 0.353 e. The van der Waals surface area contributed by atoms with Gasteiger partial charge in [-0.25, -0.2) is 4.98 Å². The molecular weight excluding hydrogens is 384 g/mol. The quantitative estimate of drug-likeness (QED) is 0.477. The molecule has 0 saturated heterocycles. The predicted molar refractivity (Wildman–Crippen MR) is 118 cm³/mol. The first-order chi connectivity index (χ1) is 13.9. The van der Waals surface area contributed by atoms with Gasteiger partial charge in [0, 0.05) is 17.9 Å². The van der Waals surface area contributed by atoms with Crippen molar-refractivity contribution in [1.29, 1.82) is 0 Å². The van der Waals surface area contributed by atoms with Gasteiger partial charge in [-0.2, -0.15) is 0 Å². The fourth-order valence-corrected chi connectivity index (χ4v) is 4.63. The van der Waals surface area contributed by atoms with Gasteiger partial charge in [-0.1, -0.05) is 31.7 Å². The van der Waals surface area contributed by atoms with Crippen LogP contribution in [0.3, 0.4) is 0 Å². The summed E-state index contributed by atoms with van der Waals surface area (Å²) in [4.78, 5) is 33.2. The number of hydrogen-bond acceptors (Lipinski definition) is 4. The summed E-state index contributed by atoms with van der Waals surface area (Å²) < 4.78 is 1.68. The molecule has 0 bridgehead atoms. The van der Waals surface area contributed by atoms with Crippen LogP contribution in [0.5, 0.6) is 0 Å². The van der Waals surface area contributed by atoms with Crippen molar-refractivity contribution in [2.75, 3.05) is 11.1 Å². The van der Waals surface area contributed by atoms with Crippen molar-refractivity contribution in [3.63, 3.8) is 0 Å². The lowest BCUT2D eigenvalue weighted by Crippen LogP contribution is -2.26. The van der Waals surface area contributed by atoms with E-state index in [1.807, 2.05) is 19.1 Å². The van der Waals surface area contributed by atoms with Gasteiger partial charge in [0.25, 0.3) is 5.56 Å². The highest BCUT2D eigenvalue weighted by Crippen LogP contribution is 2.25. The van der Waals surface area contributed by atoms with E-state index < -0.39 is 0 Å². The number of nitrogens with one attached hydrogen (secondary N) is 2. The number of nitrogens with zero attached hydrogens (tertiary/aromatic N) is 2. The summed E-state index contributed by atoms with van der Waals surface area (Å²) in [7, 11) is 0. The summed E-state index contributed by atoms with van der Waals surface area (Å²) in [6, 6.07) is 8.01. The van der Waals surface area contributed by atoms with Crippen LogP contribution in [0.4, 0.5) is 5.69 Å². The molecule has 1 aromatic carbocycles. The number of aryl methyl sites for hydroxylation is 3. The zero-order valence-corrected chi connectivity index (χ0v) is 17.9. The molecule has 0 aliphatic heterocycles. The fraction of sp³-hybridized carbons (Fsp3) is 0.409. The molecule has 0 radical (unpaired) electrons. The highest BCUT2D eigenvalue weighted by Gasteiger charge is 2.16. The highest BCUT2D eigenvalue weighted by atomic mass is 32.2. The van der Waals surface area contributed by atoms with E-state index in [9.17, 15) is 9.59 Å². The Labute approximate surface area is 174 Å². The molecule has 7 heteroatoms. The molecule has 1 aliphatic carbocycles. The van der Waals surface area contributed by atoms with Crippen LogP contribution in [0.25, 0.3) is 11.0 Å². The third-order valence-corrected chi connectivity index (χ3v) is 6.08. The summed E-state index contributed by atoms with van der Waals surface area (Å²) in [6.07, 6.45) is 3.39. The topological polar surface area (TPSA) is 79.8 Å². The monoisotopic (exact) mass is 410 g/mol. The molecule has 0 atom stereocenters. The van der Waals surface area contributed by atoms with E-state index in [2.05, 4.69) is 41.3 Å². The molecule has 152 valence electrons. The molecule has 6 nitrogen and oxygen atoms in total. The number of thioether (sulfide) groups is 1. The lowest BCUT2D eigenvalue weighted by Gasteiger charge is -2.14. The van der Waals surface area contributed by atoms with Gasteiger partial charge in [-0.05, 0) is 61.4 Å². The maximum Gasteiger partial charge on any atom is 0.278 e. The molecule has 2 N–H and O–H groups in total. The molecular formula is C22H26N4O2S. The van der Waals surface area contributed by atoms with Gasteiger partial charge in [0.05, 0.1) is 11.3 Å². The van der Waals surface area contributed by atoms with Gasteiger partial charge in [0.15, 0.2) is 5.16 Å². The SMILES string of the molecule is Cc1cc2nc(SCC(=O)Nc3ccc4c(c3)CCC4)n(CC(C)C)c(=O)c2[nH]1. The summed E-state index contributed by atoms with van der Waals surface area (Å²) in [5.41, 5.74) is 5.53. The van der Waals surface area contributed by atoms with E-state index in [4.69, 9.17) is 0 Å². The maximum absolute atomic E-state index is 12.9. The van der Waals surface area contributed by atoms with Crippen LogP contribution in [-0.2, 0) is 24.2 Å². The molecule has 1 amide bonds. The van der Waals surface area contributed by atoms with Crippen molar-refractivity contribution < 1.29 is 4.79 Å². The number of carbonyl (C=O) groups is 1. The van der Waals surface area contributed by atoms with Crippen molar-refractivity contribution in [2.24, 2.45) is 5.92 Å². The molecule has 29 heavy (non-hydrogen) atoms. The second kappa shape index (κ2) is 8.06. The Balaban J connectivity index is 1.52. The Morgan fingerprint density at radius 2 is 2.07 bits per heavy atom. The lowest BCUT2D eigenvalue weighted by molar-refractivity contribution is -0.113. The van der Waals surface area contributed by atoms with Crippen molar-refractivity contribution in [3.05, 3.63) is 51.4 Å². The van der Waals surface area contributed by atoms with Gasteiger partial charge >= 0.3 is 0 Å². The third kappa shape index (κ3) is 4.24. The van der Waals surface area contributed by atoms with E-state index in [1.54, 1.807) is 4.57 Å². The normalized spacial score (nSPS) is 13.2. The summed E-state index contributed by atoms with van der Waals surface area (Å²) in [5.74, 6) is 0.405. The number of carbonyl (C=O) groups excluding carboxylic acids is 1. The van der Waals surface area contributed by atoms with Crippen molar-refractivity contribution in [3.8, 4) is 0 Å². The van der Waals surface area contributed by atoms with Crippen molar-refractivity contribution in [1.82, 2.24) is 14.5 Å². The van der Waals surface area contributed by atoms with Crippen LogP contribution in [0.2, 0.25) is 0 Å². The number of anilines is 1. The van der Waals surface area contributed by atoms with E-state index in [0.29, 0.717) is 28.7 Å². The number of rotatable bonds is 6. The fourth-order valence-electron chi connectivity index (χ4n) is 3.82. The predicted octanol–water partition coefficient (Wildman–Crippen LogP) is 3.91. The minimum absolute atomic E-state index is 0.0849. The minimum atomic E-state index is -0.0939. The van der Waals surface area contributed by atoms with E-state index in [-0.39, 0.29) is 17.2 Å². The van der Waals surface area contributed by atoms with Crippen LogP contribution in [-0.4, -0.2) is 26.2 Å². The molecule has 0 fully saturated rings. The second-order valence-corrected chi connectivity index (χ2v) is 9.03. The van der Waals surface area contributed by atoms with Crippen molar-refractivity contribution in [2.45, 2.75) is 51.7 Å². The van der Waals surface area contributed by atoms with E-state index in [1.165, 1.54) is 29.3 Å². The van der Waals surface area contributed by atoms with Crippen LogP contribution < -0.4 is 10.9 Å². The Morgan fingerprint density at radius 1 is 1.28 bits per heavy atom. The molecule has 0 unspecified atom stereocenters. The smallest absolute Gasteiger partial charge is 0.278 e. The van der Waals surface area contributed by atoms with Crippen LogP contribution in [0.15, 0.2) is 34.2 Å². The van der Waals surface area contributed by atoms with Crippen LogP contribution in [0, 0.1) is 12.8 Å². The number of fused-ring (bicyclic) bond motifs is 2.